The van der Waals surface area contributed by atoms with Crippen LogP contribution in [0.5, 0.6) is 5.75 Å². The molecule has 0 bridgehead atoms. The number of ether oxygens (including phenoxy) is 1. The minimum absolute atomic E-state index is 0.0723. The van der Waals surface area contributed by atoms with Gasteiger partial charge in [-0.2, -0.15) is 13.9 Å². The van der Waals surface area contributed by atoms with Crippen LogP contribution in [0.2, 0.25) is 5.02 Å². The van der Waals surface area contributed by atoms with Crippen LogP contribution in [0.25, 0.3) is 0 Å². The zero-order valence-corrected chi connectivity index (χ0v) is 13.4. The van der Waals surface area contributed by atoms with Gasteiger partial charge in [-0.25, -0.2) is 0 Å². The Morgan fingerprint density at radius 1 is 1.43 bits per heavy atom. The van der Waals surface area contributed by atoms with Crippen molar-refractivity contribution in [1.29, 1.82) is 0 Å². The number of benzene rings is 1. The molecule has 0 saturated carbocycles. The molecule has 2 rings (SSSR count). The molecule has 1 amide bonds. The van der Waals surface area contributed by atoms with Gasteiger partial charge in [0.05, 0.1) is 16.4 Å². The Bertz CT molecular complexity index is 685. The van der Waals surface area contributed by atoms with E-state index in [2.05, 4.69) is 15.2 Å². The smallest absolute Gasteiger partial charge is 0.387 e. The molecule has 0 fully saturated rings. The van der Waals surface area contributed by atoms with Crippen LogP contribution in [0.4, 0.5) is 14.5 Å². The summed E-state index contributed by atoms with van der Waals surface area (Å²) in [4.78, 5) is 12.0. The molecule has 0 aliphatic heterocycles. The molecule has 8 heteroatoms. The number of aromatic nitrogens is 2. The van der Waals surface area contributed by atoms with Gasteiger partial charge in [-0.15, -0.1) is 0 Å². The fourth-order valence-electron chi connectivity index (χ4n) is 1.98. The second-order valence-electron chi connectivity index (χ2n) is 5.00. The monoisotopic (exact) mass is 343 g/mol. The molecule has 1 aromatic carbocycles. The second-order valence-corrected chi connectivity index (χ2v) is 5.41. The lowest BCUT2D eigenvalue weighted by Gasteiger charge is -2.12. The first-order valence-corrected chi connectivity index (χ1v) is 7.28. The SMILES string of the molecule is Cc1ccc(OC(F)F)c(NC(=O)CCn2cc(Cl)c(C)n2)c1. The van der Waals surface area contributed by atoms with Gasteiger partial charge in [-0.3, -0.25) is 9.48 Å². The van der Waals surface area contributed by atoms with E-state index in [0.717, 1.165) is 5.56 Å². The third kappa shape index (κ3) is 4.92. The predicted molar refractivity (Wildman–Crippen MR) is 83.0 cm³/mol. The lowest BCUT2D eigenvalue weighted by Crippen LogP contribution is -2.16. The molecule has 0 aliphatic rings. The maximum Gasteiger partial charge on any atom is 0.387 e. The lowest BCUT2D eigenvalue weighted by molar-refractivity contribution is -0.116. The molecule has 0 spiro atoms. The van der Waals surface area contributed by atoms with Crippen molar-refractivity contribution in [1.82, 2.24) is 9.78 Å². The topological polar surface area (TPSA) is 56.1 Å². The van der Waals surface area contributed by atoms with E-state index in [-0.39, 0.29) is 23.8 Å². The Labute approximate surface area is 137 Å². The maximum absolute atomic E-state index is 12.4. The molecule has 124 valence electrons. The molecule has 1 heterocycles. The van der Waals surface area contributed by atoms with Gasteiger partial charge < -0.3 is 10.1 Å². The van der Waals surface area contributed by atoms with Gasteiger partial charge in [0.1, 0.15) is 5.75 Å². The van der Waals surface area contributed by atoms with E-state index in [1.165, 1.54) is 6.07 Å². The summed E-state index contributed by atoms with van der Waals surface area (Å²) in [6.07, 6.45) is 1.75. The Morgan fingerprint density at radius 2 is 2.17 bits per heavy atom. The zero-order chi connectivity index (χ0) is 17.0. The van der Waals surface area contributed by atoms with Gasteiger partial charge in [0.2, 0.25) is 5.91 Å². The van der Waals surface area contributed by atoms with Crippen molar-refractivity contribution >= 4 is 23.2 Å². The molecule has 0 saturated heterocycles. The molecule has 1 N–H and O–H groups in total. The van der Waals surface area contributed by atoms with Crippen molar-refractivity contribution < 1.29 is 18.3 Å². The largest absolute Gasteiger partial charge is 0.433 e. The number of anilines is 1. The number of nitrogens with zero attached hydrogens (tertiary/aromatic N) is 2. The molecular weight excluding hydrogens is 328 g/mol. The quantitative estimate of drug-likeness (QED) is 0.868. The average Bonchev–Trinajstić information content (AvgIpc) is 2.78. The van der Waals surface area contributed by atoms with Crippen LogP contribution in [-0.2, 0) is 11.3 Å². The number of amides is 1. The summed E-state index contributed by atoms with van der Waals surface area (Å²) in [6.45, 7) is 0.925. The van der Waals surface area contributed by atoms with Crippen molar-refractivity contribution in [3.8, 4) is 5.75 Å². The molecule has 5 nitrogen and oxygen atoms in total. The van der Waals surface area contributed by atoms with Gasteiger partial charge in [0.15, 0.2) is 0 Å². The average molecular weight is 344 g/mol. The van der Waals surface area contributed by atoms with Gasteiger partial charge in [-0.1, -0.05) is 17.7 Å². The Morgan fingerprint density at radius 3 is 2.78 bits per heavy atom. The molecule has 0 radical (unpaired) electrons. The highest BCUT2D eigenvalue weighted by atomic mass is 35.5. The Kier molecular flexibility index (Phi) is 5.54. The molecular formula is C15H16ClF2N3O2. The van der Waals surface area contributed by atoms with Gasteiger partial charge in [-0.05, 0) is 31.5 Å². The summed E-state index contributed by atoms with van der Waals surface area (Å²) in [5.41, 5.74) is 1.71. The lowest BCUT2D eigenvalue weighted by atomic mass is 10.2. The summed E-state index contributed by atoms with van der Waals surface area (Å²) in [5, 5.41) is 7.24. The second kappa shape index (κ2) is 7.41. The fraction of sp³-hybridized carbons (Fsp3) is 0.333. The standard InChI is InChI=1S/C15H16ClF2N3O2/c1-9-3-4-13(23-15(17)18)12(7-9)19-14(22)5-6-21-8-11(16)10(2)20-21/h3-4,7-8,15H,5-6H2,1-2H3,(H,19,22). The predicted octanol–water partition coefficient (Wildman–Crippen LogP) is 3.78. The number of nitrogens with one attached hydrogen (secondary N) is 1. The number of hydrogen-bond acceptors (Lipinski definition) is 3. The van der Waals surface area contributed by atoms with Crippen LogP contribution in [0, 0.1) is 13.8 Å². The first-order valence-electron chi connectivity index (χ1n) is 6.90. The molecule has 1 aromatic heterocycles. The number of carbonyl (C=O) groups is 1. The van der Waals surface area contributed by atoms with E-state index in [4.69, 9.17) is 11.6 Å². The first-order chi connectivity index (χ1) is 10.8. The normalized spacial score (nSPS) is 10.9. The number of halogens is 3. The van der Waals surface area contributed by atoms with E-state index in [1.54, 1.807) is 36.9 Å². The summed E-state index contributed by atoms with van der Waals surface area (Å²) in [7, 11) is 0. The highest BCUT2D eigenvalue weighted by molar-refractivity contribution is 6.31. The summed E-state index contributed by atoms with van der Waals surface area (Å²) >= 11 is 5.89. The molecule has 0 unspecified atom stereocenters. The number of carbonyl (C=O) groups excluding carboxylic acids is 1. The first kappa shape index (κ1) is 17.2. The number of alkyl halides is 2. The van der Waals surface area contributed by atoms with Crippen molar-refractivity contribution in [3.05, 3.63) is 40.7 Å². The fourth-order valence-corrected chi connectivity index (χ4v) is 2.13. The Balaban J connectivity index is 2.00. The maximum atomic E-state index is 12.4. The van der Waals surface area contributed by atoms with Crippen LogP contribution in [0.15, 0.2) is 24.4 Å². The van der Waals surface area contributed by atoms with Crippen molar-refractivity contribution in [2.24, 2.45) is 0 Å². The van der Waals surface area contributed by atoms with E-state index in [9.17, 15) is 13.6 Å². The minimum atomic E-state index is -2.96. The van der Waals surface area contributed by atoms with Crippen LogP contribution in [0.3, 0.4) is 0 Å². The van der Waals surface area contributed by atoms with Gasteiger partial charge in [0, 0.05) is 19.2 Å². The molecule has 23 heavy (non-hydrogen) atoms. The number of rotatable bonds is 6. The van der Waals surface area contributed by atoms with E-state index in [0.29, 0.717) is 17.3 Å². The van der Waals surface area contributed by atoms with Crippen LogP contribution >= 0.6 is 11.6 Å². The highest BCUT2D eigenvalue weighted by Gasteiger charge is 2.13. The molecule has 2 aromatic rings. The van der Waals surface area contributed by atoms with Gasteiger partial charge in [0.25, 0.3) is 0 Å². The number of aryl methyl sites for hydroxylation is 3. The van der Waals surface area contributed by atoms with E-state index in [1.807, 2.05) is 0 Å². The zero-order valence-electron chi connectivity index (χ0n) is 12.6. The van der Waals surface area contributed by atoms with Crippen LogP contribution in [0.1, 0.15) is 17.7 Å². The Hall–Kier alpha value is -2.15. The third-order valence-corrected chi connectivity index (χ3v) is 3.45. The molecule has 0 aliphatic carbocycles. The minimum Gasteiger partial charge on any atom is -0.433 e. The van der Waals surface area contributed by atoms with Gasteiger partial charge >= 0.3 is 6.61 Å². The highest BCUT2D eigenvalue weighted by Crippen LogP contribution is 2.27. The number of hydrogen-bond donors (Lipinski definition) is 1. The van der Waals surface area contributed by atoms with Crippen LogP contribution < -0.4 is 10.1 Å². The van der Waals surface area contributed by atoms with Crippen molar-refractivity contribution in [3.63, 3.8) is 0 Å². The van der Waals surface area contributed by atoms with E-state index < -0.39 is 6.61 Å². The van der Waals surface area contributed by atoms with Crippen LogP contribution in [-0.4, -0.2) is 22.3 Å². The summed E-state index contributed by atoms with van der Waals surface area (Å²) in [5.74, 6) is -0.407. The molecule has 0 atom stereocenters. The third-order valence-electron chi connectivity index (χ3n) is 3.08. The summed E-state index contributed by atoms with van der Waals surface area (Å²) < 4.78 is 30.7. The van der Waals surface area contributed by atoms with Crippen molar-refractivity contribution in [2.75, 3.05) is 5.32 Å². The van der Waals surface area contributed by atoms with Crippen molar-refractivity contribution in [2.45, 2.75) is 33.4 Å². The van der Waals surface area contributed by atoms with E-state index >= 15 is 0 Å². The summed E-state index contributed by atoms with van der Waals surface area (Å²) in [6, 6.07) is 4.60.